The summed E-state index contributed by atoms with van der Waals surface area (Å²) in [5.41, 5.74) is -1.19. The smallest absolute Gasteiger partial charge is 0.355 e. The van der Waals surface area contributed by atoms with Gasteiger partial charge >= 0.3 is 12.4 Å². The minimum atomic E-state index is -4.89. The Morgan fingerprint density at radius 1 is 1.16 bits per heavy atom. The normalized spacial score (nSPS) is 24.1. The quantitative estimate of drug-likeness (QED) is 0.360. The first-order valence-electron chi connectivity index (χ1n) is 14.4. The molecule has 43 heavy (non-hydrogen) atoms. The van der Waals surface area contributed by atoms with Crippen molar-refractivity contribution in [3.63, 3.8) is 0 Å². The second-order valence-corrected chi connectivity index (χ2v) is 11.6. The molecule has 15 heteroatoms. The van der Waals surface area contributed by atoms with Gasteiger partial charge in [-0.05, 0) is 50.2 Å². The number of fused-ring (bicyclic) bond motifs is 1. The van der Waals surface area contributed by atoms with Gasteiger partial charge in [-0.3, -0.25) is 14.3 Å². The molecule has 5 rings (SSSR count). The van der Waals surface area contributed by atoms with E-state index in [0.29, 0.717) is 23.9 Å². The molecule has 0 bridgehead atoms. The fraction of sp³-hybridized carbons (Fsp3) is 0.607. The van der Waals surface area contributed by atoms with Gasteiger partial charge in [0, 0.05) is 31.6 Å². The second-order valence-electron chi connectivity index (χ2n) is 11.6. The molecule has 0 aromatic carbocycles. The number of hydrogen-bond acceptors (Lipinski definition) is 5. The first-order chi connectivity index (χ1) is 20.2. The number of imidazole rings is 1. The van der Waals surface area contributed by atoms with Crippen LogP contribution in [0.5, 0.6) is 0 Å². The van der Waals surface area contributed by atoms with E-state index in [0.717, 1.165) is 36.3 Å². The van der Waals surface area contributed by atoms with Gasteiger partial charge < -0.3 is 10.6 Å². The maximum atomic E-state index is 14.2. The van der Waals surface area contributed by atoms with Crippen LogP contribution >= 0.6 is 0 Å². The van der Waals surface area contributed by atoms with Crippen LogP contribution in [0.15, 0.2) is 24.5 Å². The molecule has 3 aromatic rings. The molecule has 234 valence electrons. The first kappa shape index (κ1) is 30.8. The average molecular weight is 614 g/mol. The summed E-state index contributed by atoms with van der Waals surface area (Å²) < 4.78 is 85.2. The number of carbonyl (C=O) groups excluding carboxylic acids is 2. The van der Waals surface area contributed by atoms with Crippen molar-refractivity contribution in [1.29, 1.82) is 0 Å². The fourth-order valence-electron chi connectivity index (χ4n) is 6.13. The van der Waals surface area contributed by atoms with Crippen molar-refractivity contribution in [2.75, 3.05) is 6.54 Å². The first-order valence-corrected chi connectivity index (χ1v) is 14.4. The minimum Gasteiger partial charge on any atom is -0.355 e. The van der Waals surface area contributed by atoms with Crippen LogP contribution in [-0.4, -0.2) is 48.9 Å². The molecule has 1 saturated heterocycles. The van der Waals surface area contributed by atoms with Crippen molar-refractivity contribution in [2.24, 2.45) is 23.7 Å². The molecule has 2 amide bonds. The molecule has 1 unspecified atom stereocenters. The van der Waals surface area contributed by atoms with E-state index >= 15 is 0 Å². The van der Waals surface area contributed by atoms with E-state index in [9.17, 15) is 35.9 Å². The fourth-order valence-corrected chi connectivity index (χ4v) is 6.13. The van der Waals surface area contributed by atoms with E-state index in [1.807, 2.05) is 6.92 Å². The van der Waals surface area contributed by atoms with Crippen LogP contribution in [0.2, 0.25) is 0 Å². The van der Waals surface area contributed by atoms with Crippen LogP contribution in [0.4, 0.5) is 26.3 Å². The Morgan fingerprint density at radius 2 is 1.88 bits per heavy atom. The maximum absolute atomic E-state index is 14.2. The van der Waals surface area contributed by atoms with Crippen molar-refractivity contribution < 1.29 is 35.9 Å². The molecule has 9 nitrogen and oxygen atoms in total. The lowest BCUT2D eigenvalue weighted by atomic mass is 9.78. The van der Waals surface area contributed by atoms with Crippen molar-refractivity contribution in [3.8, 4) is 0 Å². The van der Waals surface area contributed by atoms with Crippen LogP contribution in [0.3, 0.4) is 0 Å². The second kappa shape index (κ2) is 11.8. The SMILES string of the molecule is CCn1nccc1C(=O)N[C@H](c1cn2nc(CC3C[C@@H](C(F)(F)F)CNC3=O)c(C(F)(F)F)cc2n1)C1CCC(C)CC1. The van der Waals surface area contributed by atoms with Crippen molar-refractivity contribution in [1.82, 2.24) is 35.0 Å². The van der Waals surface area contributed by atoms with Gasteiger partial charge in [0.25, 0.3) is 5.91 Å². The number of halogens is 6. The Labute approximate surface area is 243 Å². The topological polar surface area (TPSA) is 106 Å². The number of aromatic nitrogens is 5. The van der Waals surface area contributed by atoms with E-state index in [-0.39, 0.29) is 11.6 Å². The highest BCUT2D eigenvalue weighted by molar-refractivity contribution is 5.92. The zero-order valence-electron chi connectivity index (χ0n) is 23.7. The van der Waals surface area contributed by atoms with Gasteiger partial charge in [-0.25, -0.2) is 9.50 Å². The number of hydrogen-bond donors (Lipinski definition) is 2. The van der Waals surface area contributed by atoms with Crippen LogP contribution in [-0.2, 0) is 23.9 Å². The molecule has 1 aliphatic carbocycles. The Morgan fingerprint density at radius 3 is 2.53 bits per heavy atom. The molecule has 3 aromatic heterocycles. The van der Waals surface area contributed by atoms with Crippen molar-refractivity contribution in [2.45, 2.75) is 77.3 Å². The number of piperidine rings is 1. The minimum absolute atomic E-state index is 0.0325. The van der Waals surface area contributed by atoms with E-state index in [1.165, 1.54) is 17.1 Å². The third kappa shape index (κ3) is 6.64. The van der Waals surface area contributed by atoms with Gasteiger partial charge in [-0.2, -0.15) is 36.5 Å². The lowest BCUT2D eigenvalue weighted by molar-refractivity contribution is -0.183. The molecule has 1 aliphatic heterocycles. The number of nitrogens with zero attached hydrogens (tertiary/aromatic N) is 5. The molecular formula is C28H33F6N7O2. The summed E-state index contributed by atoms with van der Waals surface area (Å²) in [6, 6.07) is 1.75. The predicted molar refractivity (Wildman–Crippen MR) is 142 cm³/mol. The lowest BCUT2D eigenvalue weighted by Crippen LogP contribution is -2.47. The number of amides is 2. The Bertz CT molecular complexity index is 1470. The maximum Gasteiger partial charge on any atom is 0.418 e. The molecule has 1 saturated carbocycles. The Hall–Kier alpha value is -3.65. The van der Waals surface area contributed by atoms with E-state index < -0.39 is 72.7 Å². The van der Waals surface area contributed by atoms with Gasteiger partial charge in [0.1, 0.15) is 5.69 Å². The van der Waals surface area contributed by atoms with Gasteiger partial charge in [-0.1, -0.05) is 19.8 Å². The van der Waals surface area contributed by atoms with Crippen LogP contribution in [0.25, 0.3) is 5.65 Å². The molecule has 3 atom stereocenters. The van der Waals surface area contributed by atoms with Crippen molar-refractivity contribution >= 4 is 17.5 Å². The molecule has 2 fully saturated rings. The summed E-state index contributed by atoms with van der Waals surface area (Å²) >= 11 is 0. The van der Waals surface area contributed by atoms with Gasteiger partial charge in [0.15, 0.2) is 5.65 Å². The highest BCUT2D eigenvalue weighted by atomic mass is 19.4. The molecule has 4 heterocycles. The van der Waals surface area contributed by atoms with Crippen molar-refractivity contribution in [3.05, 3.63) is 47.2 Å². The number of carbonyl (C=O) groups is 2. The third-order valence-corrected chi connectivity index (χ3v) is 8.60. The van der Waals surface area contributed by atoms with Gasteiger partial charge in [0.2, 0.25) is 5.91 Å². The van der Waals surface area contributed by atoms with E-state index in [2.05, 4.69) is 32.7 Å². The molecule has 0 spiro atoms. The molecule has 2 aliphatic rings. The summed E-state index contributed by atoms with van der Waals surface area (Å²) in [4.78, 5) is 30.1. The predicted octanol–water partition coefficient (Wildman–Crippen LogP) is 5.12. The molecule has 2 N–H and O–H groups in total. The summed E-state index contributed by atoms with van der Waals surface area (Å²) in [7, 11) is 0. The highest BCUT2D eigenvalue weighted by Gasteiger charge is 2.46. The average Bonchev–Trinajstić information content (AvgIpc) is 3.58. The number of rotatable bonds is 7. The molecule has 0 radical (unpaired) electrons. The number of nitrogens with one attached hydrogen (secondary N) is 2. The number of aryl methyl sites for hydroxylation is 1. The van der Waals surface area contributed by atoms with Gasteiger partial charge in [0.05, 0.1) is 35.1 Å². The third-order valence-electron chi connectivity index (χ3n) is 8.60. The highest BCUT2D eigenvalue weighted by Crippen LogP contribution is 2.39. The van der Waals surface area contributed by atoms with Crippen LogP contribution < -0.4 is 10.6 Å². The summed E-state index contributed by atoms with van der Waals surface area (Å²) in [6.07, 6.45) is -4.42. The Kier molecular flexibility index (Phi) is 8.45. The van der Waals surface area contributed by atoms with Crippen LogP contribution in [0, 0.1) is 23.7 Å². The van der Waals surface area contributed by atoms with E-state index in [4.69, 9.17) is 0 Å². The summed E-state index contributed by atoms with van der Waals surface area (Å²) in [5, 5.41) is 13.4. The monoisotopic (exact) mass is 613 g/mol. The molecular weight excluding hydrogens is 580 g/mol. The summed E-state index contributed by atoms with van der Waals surface area (Å²) in [5.74, 6) is -3.87. The lowest BCUT2D eigenvalue weighted by Gasteiger charge is -2.32. The van der Waals surface area contributed by atoms with E-state index in [1.54, 1.807) is 6.07 Å². The standard InChI is InChI=1S/C28H33F6N7O2/c1-3-40-22(8-9-36-40)26(43)38-24(16-6-4-15(2)5-7-16)21-14-41-23(37-21)12-19(28(32,33)34)20(39-41)11-17-10-18(27(29,30)31)13-35-25(17)42/h8-9,12,14-18,24H,3-7,10-11,13H2,1-2H3,(H,35,42)(H,38,43)/t15?,16?,17?,18-,24+/m1/s1. The Balaban J connectivity index is 1.50. The van der Waals surface area contributed by atoms with Gasteiger partial charge in [-0.15, -0.1) is 0 Å². The largest absolute Gasteiger partial charge is 0.418 e. The zero-order chi connectivity index (χ0) is 31.1. The van der Waals surface area contributed by atoms with Crippen LogP contribution in [0.1, 0.15) is 79.4 Å². The number of alkyl halides is 6. The zero-order valence-corrected chi connectivity index (χ0v) is 23.7. The summed E-state index contributed by atoms with van der Waals surface area (Å²) in [6.45, 7) is 3.83.